The highest BCUT2D eigenvalue weighted by Gasteiger charge is 2.24. The predicted molar refractivity (Wildman–Crippen MR) is 144 cm³/mol. The van der Waals surface area contributed by atoms with Crippen molar-refractivity contribution in [2.75, 3.05) is 11.1 Å². The van der Waals surface area contributed by atoms with Crippen molar-refractivity contribution in [3.05, 3.63) is 75.4 Å². The van der Waals surface area contributed by atoms with Crippen molar-refractivity contribution in [1.29, 1.82) is 0 Å². The van der Waals surface area contributed by atoms with Crippen LogP contribution in [0.5, 0.6) is 0 Å². The third kappa shape index (κ3) is 4.56. The molecule has 4 aromatic rings. The quantitative estimate of drug-likeness (QED) is 0.198. The number of nitrogens with zero attached hydrogens (tertiary/aromatic N) is 2. The van der Waals surface area contributed by atoms with Crippen LogP contribution in [0.2, 0.25) is 0 Å². The molecule has 2 amide bonds. The SMILES string of the molecule is C=CCn1c(SCC(=O)Nc2sc(-c3ccccc3)cc2C(N)=O)nc2sc3c(c2c1=O)CCC3. The van der Waals surface area contributed by atoms with Crippen LogP contribution in [0.25, 0.3) is 20.7 Å². The van der Waals surface area contributed by atoms with Gasteiger partial charge in [0.05, 0.1) is 16.7 Å². The maximum atomic E-state index is 13.3. The molecule has 7 nitrogen and oxygen atoms in total. The molecule has 1 aliphatic carbocycles. The van der Waals surface area contributed by atoms with Gasteiger partial charge in [-0.3, -0.25) is 19.0 Å². The average Bonchev–Trinajstić information content (AvgIpc) is 3.55. The Morgan fingerprint density at radius 2 is 2.03 bits per heavy atom. The lowest BCUT2D eigenvalue weighted by atomic mass is 10.1. The number of aryl methyl sites for hydroxylation is 2. The number of primary amides is 1. The van der Waals surface area contributed by atoms with Crippen molar-refractivity contribution in [1.82, 2.24) is 9.55 Å². The van der Waals surface area contributed by atoms with E-state index >= 15 is 0 Å². The van der Waals surface area contributed by atoms with Crippen LogP contribution in [0.4, 0.5) is 5.00 Å². The second-order valence-corrected chi connectivity index (χ2v) is 11.1. The van der Waals surface area contributed by atoms with Crippen LogP contribution in [-0.4, -0.2) is 27.1 Å². The molecule has 1 aromatic carbocycles. The van der Waals surface area contributed by atoms with E-state index in [-0.39, 0.29) is 22.8 Å². The zero-order valence-electron chi connectivity index (χ0n) is 18.7. The monoisotopic (exact) mass is 522 g/mol. The van der Waals surface area contributed by atoms with Gasteiger partial charge in [0.15, 0.2) is 5.16 Å². The fourth-order valence-corrected chi connectivity index (χ4v) is 7.36. The minimum absolute atomic E-state index is 0.0248. The summed E-state index contributed by atoms with van der Waals surface area (Å²) in [7, 11) is 0. The van der Waals surface area contributed by atoms with Gasteiger partial charge in [0.25, 0.3) is 11.5 Å². The number of benzene rings is 1. The maximum absolute atomic E-state index is 13.3. The standard InChI is InChI=1S/C25H22N4O3S3/c1-2-11-29-24(32)20-15-9-6-10-17(15)34-23(20)28-25(29)33-13-19(30)27-22-16(21(26)31)12-18(35-22)14-7-4-3-5-8-14/h2-5,7-8,12H,1,6,9-11,13H2,(H2,26,31)(H,27,30). The summed E-state index contributed by atoms with van der Waals surface area (Å²) in [5.74, 6) is -0.895. The molecule has 0 bridgehead atoms. The molecule has 3 aromatic heterocycles. The predicted octanol–water partition coefficient (Wildman–Crippen LogP) is 4.69. The molecule has 1 aliphatic rings. The molecule has 0 aliphatic heterocycles. The number of hydrogen-bond donors (Lipinski definition) is 2. The number of hydrogen-bond acceptors (Lipinski definition) is 7. The van der Waals surface area contributed by atoms with E-state index in [1.807, 2.05) is 30.3 Å². The lowest BCUT2D eigenvalue weighted by Gasteiger charge is -2.10. The number of nitrogens with two attached hydrogens (primary N) is 1. The number of thiophene rings is 2. The van der Waals surface area contributed by atoms with Gasteiger partial charge in [-0.25, -0.2) is 4.98 Å². The molecule has 10 heteroatoms. The lowest BCUT2D eigenvalue weighted by molar-refractivity contribution is -0.113. The van der Waals surface area contributed by atoms with E-state index in [4.69, 9.17) is 10.7 Å². The topological polar surface area (TPSA) is 107 Å². The van der Waals surface area contributed by atoms with Crippen molar-refractivity contribution in [2.24, 2.45) is 5.73 Å². The second kappa shape index (κ2) is 9.80. The summed E-state index contributed by atoms with van der Waals surface area (Å²) >= 11 is 4.05. The summed E-state index contributed by atoms with van der Waals surface area (Å²) in [4.78, 5) is 45.6. The Morgan fingerprint density at radius 1 is 1.23 bits per heavy atom. The fourth-order valence-electron chi connectivity index (χ4n) is 4.16. The molecule has 0 saturated heterocycles. The van der Waals surface area contributed by atoms with Gasteiger partial charge >= 0.3 is 0 Å². The van der Waals surface area contributed by atoms with Crippen molar-refractivity contribution in [3.8, 4) is 10.4 Å². The van der Waals surface area contributed by atoms with Crippen molar-refractivity contribution in [2.45, 2.75) is 31.0 Å². The number of carbonyl (C=O) groups excluding carboxylic acids is 2. The molecule has 0 spiro atoms. The molecular formula is C25H22N4O3S3. The zero-order chi connectivity index (χ0) is 24.5. The Balaban J connectivity index is 1.38. The van der Waals surface area contributed by atoms with Gasteiger partial charge < -0.3 is 11.1 Å². The third-order valence-corrected chi connectivity index (χ3v) is 9.00. The van der Waals surface area contributed by atoms with E-state index in [9.17, 15) is 14.4 Å². The van der Waals surface area contributed by atoms with Gasteiger partial charge in [0, 0.05) is 16.3 Å². The first-order valence-corrected chi connectivity index (χ1v) is 13.7. The summed E-state index contributed by atoms with van der Waals surface area (Å²) in [5, 5.41) is 4.40. The van der Waals surface area contributed by atoms with Crippen molar-refractivity contribution >= 4 is 61.5 Å². The number of allylic oxidation sites excluding steroid dienone is 1. The van der Waals surface area contributed by atoms with Crippen LogP contribution < -0.4 is 16.6 Å². The molecule has 0 radical (unpaired) electrons. The van der Waals surface area contributed by atoms with Crippen LogP contribution in [-0.2, 0) is 24.2 Å². The number of aromatic nitrogens is 2. The summed E-state index contributed by atoms with van der Waals surface area (Å²) < 4.78 is 1.58. The summed E-state index contributed by atoms with van der Waals surface area (Å²) in [6.07, 6.45) is 4.61. The highest BCUT2D eigenvalue weighted by Crippen LogP contribution is 2.37. The Morgan fingerprint density at radius 3 is 2.77 bits per heavy atom. The van der Waals surface area contributed by atoms with E-state index < -0.39 is 5.91 Å². The Hall–Kier alpha value is -3.21. The molecule has 0 atom stereocenters. The van der Waals surface area contributed by atoms with E-state index in [2.05, 4.69) is 11.9 Å². The Labute approximate surface area is 213 Å². The van der Waals surface area contributed by atoms with Gasteiger partial charge in [0.1, 0.15) is 9.83 Å². The minimum atomic E-state index is -0.607. The Bertz CT molecular complexity index is 1520. The van der Waals surface area contributed by atoms with E-state index in [1.165, 1.54) is 28.0 Å². The first-order chi connectivity index (χ1) is 17.0. The molecule has 0 fully saturated rings. The van der Waals surface area contributed by atoms with Gasteiger partial charge in [-0.15, -0.1) is 29.3 Å². The molecule has 178 valence electrons. The molecule has 3 N–H and O–H groups in total. The number of nitrogens with one attached hydrogen (secondary N) is 1. The van der Waals surface area contributed by atoms with Gasteiger partial charge in [-0.2, -0.15) is 0 Å². The summed E-state index contributed by atoms with van der Waals surface area (Å²) in [5.41, 5.74) is 7.80. The van der Waals surface area contributed by atoms with Crippen molar-refractivity contribution in [3.63, 3.8) is 0 Å². The average molecular weight is 523 g/mol. The van der Waals surface area contributed by atoms with E-state index in [0.717, 1.165) is 40.1 Å². The number of rotatable bonds is 8. The molecule has 0 saturated carbocycles. The first kappa shape index (κ1) is 23.5. The zero-order valence-corrected chi connectivity index (χ0v) is 21.2. The van der Waals surface area contributed by atoms with E-state index in [0.29, 0.717) is 22.1 Å². The smallest absolute Gasteiger partial charge is 0.263 e. The lowest BCUT2D eigenvalue weighted by Crippen LogP contribution is -2.24. The summed E-state index contributed by atoms with van der Waals surface area (Å²) in [6, 6.07) is 11.3. The van der Waals surface area contributed by atoms with Crippen LogP contribution in [0, 0.1) is 0 Å². The van der Waals surface area contributed by atoms with Gasteiger partial charge in [0.2, 0.25) is 5.91 Å². The first-order valence-electron chi connectivity index (χ1n) is 11.0. The van der Waals surface area contributed by atoms with E-state index in [1.54, 1.807) is 28.0 Å². The summed E-state index contributed by atoms with van der Waals surface area (Å²) in [6.45, 7) is 4.08. The molecular weight excluding hydrogens is 501 g/mol. The highest BCUT2D eigenvalue weighted by atomic mass is 32.2. The minimum Gasteiger partial charge on any atom is -0.366 e. The van der Waals surface area contributed by atoms with Gasteiger partial charge in [-0.1, -0.05) is 48.2 Å². The van der Waals surface area contributed by atoms with Crippen LogP contribution in [0.3, 0.4) is 0 Å². The number of fused-ring (bicyclic) bond motifs is 3. The molecule has 0 unspecified atom stereocenters. The molecule has 3 heterocycles. The third-order valence-electron chi connectivity index (χ3n) is 5.74. The fraction of sp³-hybridized carbons (Fsp3) is 0.200. The number of anilines is 1. The molecule has 5 rings (SSSR count). The largest absolute Gasteiger partial charge is 0.366 e. The Kier molecular flexibility index (Phi) is 6.59. The van der Waals surface area contributed by atoms with Crippen LogP contribution >= 0.6 is 34.4 Å². The number of carbonyl (C=O) groups is 2. The highest BCUT2D eigenvalue weighted by molar-refractivity contribution is 7.99. The molecule has 35 heavy (non-hydrogen) atoms. The second-order valence-electron chi connectivity index (χ2n) is 8.06. The number of thioether (sulfide) groups is 1. The van der Waals surface area contributed by atoms with Crippen LogP contribution in [0.15, 0.2) is 59.0 Å². The number of amides is 2. The van der Waals surface area contributed by atoms with Crippen LogP contribution in [0.1, 0.15) is 27.2 Å². The maximum Gasteiger partial charge on any atom is 0.263 e. The van der Waals surface area contributed by atoms with Gasteiger partial charge in [-0.05, 0) is 36.5 Å². The van der Waals surface area contributed by atoms with Crippen molar-refractivity contribution < 1.29 is 9.59 Å². The normalized spacial score (nSPS) is 12.6.